The molecule has 114 valence electrons. The molecule has 1 aromatic rings. The van der Waals surface area contributed by atoms with Gasteiger partial charge >= 0.3 is 5.97 Å². The predicted octanol–water partition coefficient (Wildman–Crippen LogP) is 5.06. The SMILES string of the molecule is COC(=O)c1cc(Br)cn1[Si](C(C)C)(C(C)C)C(C)C. The van der Waals surface area contributed by atoms with E-state index < -0.39 is 8.24 Å². The molecule has 0 fully saturated rings. The number of rotatable bonds is 5. The quantitative estimate of drug-likeness (QED) is 0.543. The summed E-state index contributed by atoms with van der Waals surface area (Å²) in [7, 11) is -0.479. The van der Waals surface area contributed by atoms with Crippen molar-refractivity contribution in [2.24, 2.45) is 0 Å². The van der Waals surface area contributed by atoms with Crippen molar-refractivity contribution < 1.29 is 9.53 Å². The first kappa shape index (κ1) is 17.5. The minimum Gasteiger partial charge on any atom is -0.464 e. The van der Waals surface area contributed by atoms with Crippen LogP contribution in [-0.2, 0) is 4.74 Å². The minimum atomic E-state index is -1.92. The number of carbonyl (C=O) groups excluding carboxylic acids is 1. The molecule has 1 rings (SSSR count). The Balaban J connectivity index is 3.61. The number of hydrogen-bond donors (Lipinski definition) is 0. The smallest absolute Gasteiger partial charge is 0.353 e. The molecule has 3 nitrogen and oxygen atoms in total. The topological polar surface area (TPSA) is 31.2 Å². The molecule has 0 bridgehead atoms. The third-order valence-corrected chi connectivity index (χ3v) is 11.6. The van der Waals surface area contributed by atoms with Crippen molar-refractivity contribution in [2.75, 3.05) is 7.11 Å². The predicted molar refractivity (Wildman–Crippen MR) is 89.9 cm³/mol. The summed E-state index contributed by atoms with van der Waals surface area (Å²) in [6, 6.07) is 1.88. The Hall–Kier alpha value is -0.553. The first-order valence-corrected chi connectivity index (χ1v) is 10.1. The van der Waals surface area contributed by atoms with Gasteiger partial charge in [0.2, 0.25) is 0 Å². The number of methoxy groups -OCH3 is 1. The van der Waals surface area contributed by atoms with Gasteiger partial charge in [0.15, 0.2) is 8.24 Å². The highest BCUT2D eigenvalue weighted by Crippen LogP contribution is 2.44. The van der Waals surface area contributed by atoms with Crippen molar-refractivity contribution in [1.29, 1.82) is 0 Å². The van der Waals surface area contributed by atoms with Crippen LogP contribution in [-0.4, -0.2) is 25.5 Å². The molecule has 1 aromatic heterocycles. The summed E-state index contributed by atoms with van der Waals surface area (Å²) < 4.78 is 8.16. The van der Waals surface area contributed by atoms with Crippen LogP contribution in [0.25, 0.3) is 0 Å². The van der Waals surface area contributed by atoms with Crippen molar-refractivity contribution in [3.05, 3.63) is 22.4 Å². The Bertz CT molecular complexity index is 458. The summed E-state index contributed by atoms with van der Waals surface area (Å²) in [5, 5.41) is 0. The second kappa shape index (κ2) is 6.48. The molecule has 0 aliphatic rings. The van der Waals surface area contributed by atoms with Crippen molar-refractivity contribution in [3.63, 3.8) is 0 Å². The van der Waals surface area contributed by atoms with Gasteiger partial charge in [0.25, 0.3) is 0 Å². The van der Waals surface area contributed by atoms with Crippen LogP contribution >= 0.6 is 15.9 Å². The van der Waals surface area contributed by atoms with Gasteiger partial charge in [-0.3, -0.25) is 0 Å². The summed E-state index contributed by atoms with van der Waals surface area (Å²) in [5.41, 5.74) is 2.27. The van der Waals surface area contributed by atoms with Crippen molar-refractivity contribution in [1.82, 2.24) is 4.23 Å². The van der Waals surface area contributed by atoms with Gasteiger partial charge in [0, 0.05) is 10.7 Å². The fourth-order valence-electron chi connectivity index (χ4n) is 3.85. The molecule has 0 radical (unpaired) electrons. The number of carbonyl (C=O) groups is 1. The van der Waals surface area contributed by atoms with E-state index in [9.17, 15) is 4.79 Å². The highest BCUT2D eigenvalue weighted by molar-refractivity contribution is 9.10. The Morgan fingerprint density at radius 1 is 1.15 bits per heavy atom. The van der Waals surface area contributed by atoms with Gasteiger partial charge < -0.3 is 8.97 Å². The average molecular weight is 360 g/mol. The molecule has 0 aliphatic heterocycles. The van der Waals surface area contributed by atoms with E-state index >= 15 is 0 Å². The lowest BCUT2D eigenvalue weighted by Gasteiger charge is -2.44. The maximum absolute atomic E-state index is 12.1. The molecule has 0 spiro atoms. The van der Waals surface area contributed by atoms with Gasteiger partial charge in [0.05, 0.1) is 7.11 Å². The molecule has 0 atom stereocenters. The third kappa shape index (κ3) is 2.75. The van der Waals surface area contributed by atoms with Gasteiger partial charge in [-0.25, -0.2) is 4.79 Å². The second-order valence-corrected chi connectivity index (χ2v) is 12.9. The Morgan fingerprint density at radius 2 is 1.60 bits per heavy atom. The lowest BCUT2D eigenvalue weighted by molar-refractivity contribution is 0.0592. The van der Waals surface area contributed by atoms with E-state index in [1.54, 1.807) is 0 Å². The largest absolute Gasteiger partial charge is 0.464 e. The first-order chi connectivity index (χ1) is 9.19. The highest BCUT2D eigenvalue weighted by Gasteiger charge is 2.46. The third-order valence-electron chi connectivity index (χ3n) is 4.37. The fourth-order valence-corrected chi connectivity index (χ4v) is 11.1. The molecule has 0 aromatic carbocycles. The maximum Gasteiger partial charge on any atom is 0.353 e. The minimum absolute atomic E-state index is 0.255. The van der Waals surface area contributed by atoms with Gasteiger partial charge in [-0.05, 0) is 38.6 Å². The van der Waals surface area contributed by atoms with E-state index in [0.717, 1.165) is 4.47 Å². The molecular weight excluding hydrogens is 334 g/mol. The molecule has 0 aliphatic carbocycles. The summed E-state index contributed by atoms with van der Waals surface area (Å²) in [5.74, 6) is -0.255. The van der Waals surface area contributed by atoms with Gasteiger partial charge in [-0.2, -0.15) is 0 Å². The average Bonchev–Trinajstić information content (AvgIpc) is 2.69. The van der Waals surface area contributed by atoms with Gasteiger partial charge in [-0.15, -0.1) is 0 Å². The van der Waals surface area contributed by atoms with E-state index in [-0.39, 0.29) is 5.97 Å². The zero-order chi connectivity index (χ0) is 15.7. The molecule has 1 heterocycles. The van der Waals surface area contributed by atoms with Crippen LogP contribution < -0.4 is 0 Å². The van der Waals surface area contributed by atoms with Gasteiger partial charge in [-0.1, -0.05) is 41.5 Å². The summed E-state index contributed by atoms with van der Waals surface area (Å²) >= 11 is 3.51. The molecule has 5 heteroatoms. The highest BCUT2D eigenvalue weighted by atomic mass is 79.9. The van der Waals surface area contributed by atoms with Crippen LogP contribution in [0.5, 0.6) is 0 Å². The lowest BCUT2D eigenvalue weighted by Crippen LogP contribution is -2.52. The summed E-state index contributed by atoms with van der Waals surface area (Å²) in [4.78, 5) is 12.1. The number of hydrogen-bond acceptors (Lipinski definition) is 2. The maximum atomic E-state index is 12.1. The van der Waals surface area contributed by atoms with E-state index in [0.29, 0.717) is 22.3 Å². The van der Waals surface area contributed by atoms with E-state index in [4.69, 9.17) is 4.74 Å². The van der Waals surface area contributed by atoms with Crippen molar-refractivity contribution in [3.8, 4) is 0 Å². The van der Waals surface area contributed by atoms with Crippen LogP contribution in [0.15, 0.2) is 16.7 Å². The monoisotopic (exact) mass is 359 g/mol. The summed E-state index contributed by atoms with van der Waals surface area (Å²) in [6.45, 7) is 13.7. The number of ether oxygens (including phenoxy) is 1. The standard InChI is InChI=1S/C15H26BrNO2Si/c1-10(2)20(11(3)4,12(5)6)17-9-13(16)8-14(17)15(18)19-7/h8-12H,1-7H3. The number of esters is 1. The Labute approximate surface area is 131 Å². The Kier molecular flexibility index (Phi) is 5.67. The molecule has 0 unspecified atom stereocenters. The van der Waals surface area contributed by atoms with Gasteiger partial charge in [0.1, 0.15) is 5.69 Å². The Morgan fingerprint density at radius 3 is 1.95 bits per heavy atom. The van der Waals surface area contributed by atoms with Crippen LogP contribution in [0, 0.1) is 0 Å². The number of nitrogens with zero attached hydrogens (tertiary/aromatic N) is 1. The molecule has 0 N–H and O–H groups in total. The zero-order valence-corrected chi connectivity index (χ0v) is 16.1. The van der Waals surface area contributed by atoms with Crippen molar-refractivity contribution >= 4 is 30.1 Å². The normalized spacial score (nSPS) is 12.6. The zero-order valence-electron chi connectivity index (χ0n) is 13.5. The second-order valence-electron chi connectivity index (χ2n) is 6.26. The molecule has 0 saturated heterocycles. The fraction of sp³-hybridized carbons (Fsp3) is 0.667. The van der Waals surface area contributed by atoms with Crippen molar-refractivity contribution in [2.45, 2.75) is 58.2 Å². The van der Waals surface area contributed by atoms with Crippen LogP contribution in [0.4, 0.5) is 0 Å². The molecule has 0 amide bonds. The van der Waals surface area contributed by atoms with E-state index in [1.807, 2.05) is 6.07 Å². The number of aromatic nitrogens is 1. The molecule has 0 saturated carbocycles. The first-order valence-electron chi connectivity index (χ1n) is 7.16. The summed E-state index contributed by atoms with van der Waals surface area (Å²) in [6.07, 6.45) is 2.07. The lowest BCUT2D eigenvalue weighted by atomic mass is 10.4. The molecular formula is C15H26BrNO2Si. The van der Waals surface area contributed by atoms with E-state index in [1.165, 1.54) is 7.11 Å². The number of halogens is 1. The van der Waals surface area contributed by atoms with Crippen LogP contribution in [0.2, 0.25) is 16.6 Å². The van der Waals surface area contributed by atoms with Crippen LogP contribution in [0.3, 0.4) is 0 Å². The van der Waals surface area contributed by atoms with Crippen LogP contribution in [0.1, 0.15) is 52.0 Å². The van der Waals surface area contributed by atoms with E-state index in [2.05, 4.69) is 67.9 Å². The molecule has 20 heavy (non-hydrogen) atoms.